The van der Waals surface area contributed by atoms with E-state index in [1.165, 1.54) is 0 Å². The molecule has 0 atom stereocenters. The topological polar surface area (TPSA) is 67.1 Å². The van der Waals surface area contributed by atoms with E-state index in [1.54, 1.807) is 0 Å². The highest BCUT2D eigenvalue weighted by Crippen LogP contribution is 2.27. The zero-order valence-corrected chi connectivity index (χ0v) is 8.07. The number of aromatic nitrogens is 2. The quantitative estimate of drug-likeness (QED) is 0.675. The predicted octanol–water partition coefficient (Wildman–Crippen LogP) is 1.59. The number of nitrogens with one attached hydrogen (secondary N) is 1. The molecule has 0 saturated carbocycles. The summed E-state index contributed by atoms with van der Waals surface area (Å²) in [6.07, 6.45) is 3.73. The maximum atomic E-state index is 5.70. The first-order valence-electron chi connectivity index (χ1n) is 4.77. The summed E-state index contributed by atoms with van der Waals surface area (Å²) in [6, 6.07) is 5.79. The number of rotatable bonds is 0. The van der Waals surface area contributed by atoms with E-state index in [4.69, 9.17) is 5.73 Å². The fourth-order valence-corrected chi connectivity index (χ4v) is 1.79. The molecule has 0 fully saturated rings. The number of H-pyrrole nitrogens is 1. The van der Waals surface area contributed by atoms with Gasteiger partial charge in [0.1, 0.15) is 5.82 Å². The van der Waals surface area contributed by atoms with Gasteiger partial charge in [-0.2, -0.15) is 0 Å². The van der Waals surface area contributed by atoms with Crippen molar-refractivity contribution in [2.45, 2.75) is 6.54 Å². The molecule has 15 heavy (non-hydrogen) atoms. The molecule has 0 unspecified atom stereocenters. The van der Waals surface area contributed by atoms with E-state index in [2.05, 4.69) is 15.0 Å². The van der Waals surface area contributed by atoms with Crippen molar-refractivity contribution >= 4 is 12.0 Å². The number of nitrogens with zero attached hydrogens (tertiary/aromatic N) is 2. The molecule has 0 aromatic carbocycles. The van der Waals surface area contributed by atoms with Crippen LogP contribution in [0.3, 0.4) is 0 Å². The minimum atomic E-state index is 0.544. The van der Waals surface area contributed by atoms with Crippen LogP contribution in [0.1, 0.15) is 11.3 Å². The molecule has 0 bridgehead atoms. The Morgan fingerprint density at radius 2 is 2.20 bits per heavy atom. The molecule has 2 aromatic heterocycles. The van der Waals surface area contributed by atoms with E-state index in [0.29, 0.717) is 12.4 Å². The van der Waals surface area contributed by atoms with E-state index in [-0.39, 0.29) is 0 Å². The molecule has 0 spiro atoms. The van der Waals surface area contributed by atoms with Gasteiger partial charge in [0.25, 0.3) is 0 Å². The van der Waals surface area contributed by atoms with Crippen molar-refractivity contribution in [1.29, 1.82) is 0 Å². The number of anilines is 1. The van der Waals surface area contributed by atoms with Crippen LogP contribution in [-0.4, -0.2) is 16.2 Å². The Morgan fingerprint density at radius 3 is 3.13 bits per heavy atom. The number of pyridine rings is 1. The third-order valence-electron chi connectivity index (χ3n) is 2.52. The molecule has 3 heterocycles. The van der Waals surface area contributed by atoms with Crippen molar-refractivity contribution in [3.8, 4) is 11.3 Å². The first-order valence-corrected chi connectivity index (χ1v) is 4.77. The fraction of sp³-hybridized carbons (Fsp3) is 0.0909. The van der Waals surface area contributed by atoms with E-state index < -0.39 is 0 Å². The van der Waals surface area contributed by atoms with Gasteiger partial charge in [0, 0.05) is 23.5 Å². The number of fused-ring (bicyclic) bond motifs is 3. The summed E-state index contributed by atoms with van der Waals surface area (Å²) < 4.78 is 0. The molecule has 4 heteroatoms. The summed E-state index contributed by atoms with van der Waals surface area (Å²) in [5, 5.41) is 0. The summed E-state index contributed by atoms with van der Waals surface area (Å²) in [7, 11) is 0. The van der Waals surface area contributed by atoms with Gasteiger partial charge in [0.15, 0.2) is 0 Å². The van der Waals surface area contributed by atoms with Crippen molar-refractivity contribution in [2.24, 2.45) is 4.99 Å². The zero-order chi connectivity index (χ0) is 10.3. The van der Waals surface area contributed by atoms with Crippen LogP contribution in [0.25, 0.3) is 11.3 Å². The maximum absolute atomic E-state index is 5.70. The molecule has 0 radical (unpaired) electrons. The van der Waals surface area contributed by atoms with E-state index in [0.717, 1.165) is 22.5 Å². The number of hydrogen-bond donors (Lipinski definition) is 2. The lowest BCUT2D eigenvalue weighted by Gasteiger charge is -2.04. The first-order chi connectivity index (χ1) is 7.34. The lowest BCUT2D eigenvalue weighted by molar-refractivity contribution is 1.07. The Labute approximate surface area is 86.9 Å². The summed E-state index contributed by atoms with van der Waals surface area (Å²) in [5.74, 6) is 0.544. The summed E-state index contributed by atoms with van der Waals surface area (Å²) >= 11 is 0. The number of nitrogen functional groups attached to an aromatic ring is 1. The van der Waals surface area contributed by atoms with Crippen LogP contribution in [0.5, 0.6) is 0 Å². The highest BCUT2D eigenvalue weighted by Gasteiger charge is 2.13. The molecule has 3 N–H and O–H groups in total. The van der Waals surface area contributed by atoms with Gasteiger partial charge >= 0.3 is 0 Å². The van der Waals surface area contributed by atoms with Gasteiger partial charge in [0.2, 0.25) is 0 Å². The second-order valence-corrected chi connectivity index (χ2v) is 3.52. The molecular formula is C11H10N4. The van der Waals surface area contributed by atoms with Crippen molar-refractivity contribution < 1.29 is 0 Å². The Kier molecular flexibility index (Phi) is 1.62. The van der Waals surface area contributed by atoms with Crippen molar-refractivity contribution in [1.82, 2.24) is 9.97 Å². The van der Waals surface area contributed by atoms with Gasteiger partial charge in [-0.1, -0.05) is 6.07 Å². The molecule has 74 valence electrons. The van der Waals surface area contributed by atoms with Crippen LogP contribution < -0.4 is 5.73 Å². The monoisotopic (exact) mass is 198 g/mol. The molecular weight excluding hydrogens is 188 g/mol. The van der Waals surface area contributed by atoms with Gasteiger partial charge in [-0.15, -0.1) is 0 Å². The highest BCUT2D eigenvalue weighted by atomic mass is 14.9. The molecule has 4 nitrogen and oxygen atoms in total. The average Bonchev–Trinajstić information content (AvgIpc) is 2.62. The third-order valence-corrected chi connectivity index (χ3v) is 2.52. The van der Waals surface area contributed by atoms with Gasteiger partial charge in [-0.25, -0.2) is 4.98 Å². The molecule has 0 saturated heterocycles. The summed E-state index contributed by atoms with van der Waals surface area (Å²) in [4.78, 5) is 11.8. The van der Waals surface area contributed by atoms with E-state index >= 15 is 0 Å². The fourth-order valence-electron chi connectivity index (χ4n) is 1.79. The molecule has 0 amide bonds. The van der Waals surface area contributed by atoms with Crippen LogP contribution >= 0.6 is 0 Å². The minimum Gasteiger partial charge on any atom is -0.384 e. The van der Waals surface area contributed by atoms with Crippen LogP contribution in [0.4, 0.5) is 5.82 Å². The largest absolute Gasteiger partial charge is 0.384 e. The zero-order valence-electron chi connectivity index (χ0n) is 8.07. The van der Waals surface area contributed by atoms with Crippen molar-refractivity contribution in [2.75, 3.05) is 5.73 Å². The molecule has 1 aliphatic rings. The minimum absolute atomic E-state index is 0.544. The highest BCUT2D eigenvalue weighted by molar-refractivity contribution is 5.89. The van der Waals surface area contributed by atoms with E-state index in [9.17, 15) is 0 Å². The SMILES string of the molecule is Nc1ccc2c(n1)-c1cc[nH]c1C=NC2. The lowest BCUT2D eigenvalue weighted by atomic mass is 10.1. The Balaban J connectivity index is 2.32. The normalized spacial score (nSPS) is 13.1. The Bertz CT molecular complexity index is 539. The van der Waals surface area contributed by atoms with Crippen molar-refractivity contribution in [3.05, 3.63) is 35.7 Å². The van der Waals surface area contributed by atoms with Gasteiger partial charge in [-0.05, 0) is 12.1 Å². The second-order valence-electron chi connectivity index (χ2n) is 3.52. The molecule has 1 aliphatic heterocycles. The standard InChI is InChI=1S/C11H10N4/c12-10-2-1-7-5-13-6-9-8(3-4-14-9)11(7)15-10/h1-4,6,14H,5H2,(H2,12,15). The number of nitrogens with two attached hydrogens (primary N) is 1. The summed E-state index contributed by atoms with van der Waals surface area (Å²) in [6.45, 7) is 0.658. The van der Waals surface area contributed by atoms with Crippen LogP contribution in [-0.2, 0) is 6.54 Å². The van der Waals surface area contributed by atoms with Crippen LogP contribution in [0, 0.1) is 0 Å². The Hall–Kier alpha value is -2.10. The van der Waals surface area contributed by atoms with Gasteiger partial charge < -0.3 is 10.7 Å². The van der Waals surface area contributed by atoms with Gasteiger partial charge in [-0.3, -0.25) is 4.99 Å². The number of hydrogen-bond acceptors (Lipinski definition) is 3. The smallest absolute Gasteiger partial charge is 0.124 e. The average molecular weight is 198 g/mol. The number of aliphatic imine (C=N–C) groups is 1. The molecule has 3 rings (SSSR count). The molecule has 0 aliphatic carbocycles. The third kappa shape index (κ3) is 1.22. The number of aromatic amines is 1. The predicted molar refractivity (Wildman–Crippen MR) is 59.7 cm³/mol. The lowest BCUT2D eigenvalue weighted by Crippen LogP contribution is -1.96. The van der Waals surface area contributed by atoms with Crippen molar-refractivity contribution in [3.63, 3.8) is 0 Å². The molecule has 2 aromatic rings. The van der Waals surface area contributed by atoms with Gasteiger partial charge in [0.05, 0.1) is 17.9 Å². The Morgan fingerprint density at radius 1 is 1.27 bits per heavy atom. The van der Waals surface area contributed by atoms with Crippen LogP contribution in [0.15, 0.2) is 29.4 Å². The summed E-state index contributed by atoms with van der Waals surface area (Å²) in [5.41, 5.74) is 9.80. The van der Waals surface area contributed by atoms with Crippen LogP contribution in [0.2, 0.25) is 0 Å². The second kappa shape index (κ2) is 2.95. The first kappa shape index (κ1) is 8.23. The maximum Gasteiger partial charge on any atom is 0.124 e. The van der Waals surface area contributed by atoms with E-state index in [1.807, 2.05) is 30.6 Å².